The van der Waals surface area contributed by atoms with Crippen LogP contribution in [0.15, 0.2) is 42.2 Å². The number of fused-ring (bicyclic) bond motifs is 2. The molecule has 0 saturated carbocycles. The first-order valence-corrected chi connectivity index (χ1v) is 8.69. The van der Waals surface area contributed by atoms with Gasteiger partial charge in [0.25, 0.3) is 0 Å². The molecule has 1 aromatic carbocycles. The van der Waals surface area contributed by atoms with E-state index in [0.29, 0.717) is 0 Å². The minimum Gasteiger partial charge on any atom is -0.453 e. The third-order valence-corrected chi connectivity index (χ3v) is 5.01. The monoisotopic (exact) mass is 360 g/mol. The Labute approximate surface area is 157 Å². The van der Waals surface area contributed by atoms with Gasteiger partial charge < -0.3 is 15.0 Å². The van der Waals surface area contributed by atoms with Crippen LogP contribution in [0.25, 0.3) is 17.7 Å². The van der Waals surface area contributed by atoms with Gasteiger partial charge in [-0.3, -0.25) is 10.4 Å². The first kappa shape index (κ1) is 17.0. The second-order valence-corrected chi connectivity index (χ2v) is 6.61. The molecule has 2 aliphatic rings. The summed E-state index contributed by atoms with van der Waals surface area (Å²) < 4.78 is 4.86. The van der Waals surface area contributed by atoms with Gasteiger partial charge in [0, 0.05) is 25.4 Å². The van der Waals surface area contributed by atoms with Gasteiger partial charge in [0.1, 0.15) is 0 Å². The molecule has 2 N–H and O–H groups in total. The number of aromatic nitrogens is 1. The fourth-order valence-electron chi connectivity index (χ4n) is 3.62. The van der Waals surface area contributed by atoms with E-state index in [1.165, 1.54) is 13.4 Å². The minimum atomic E-state index is -0.516. The van der Waals surface area contributed by atoms with Crippen LogP contribution in [0.2, 0.25) is 0 Å². The molecule has 1 atom stereocenters. The van der Waals surface area contributed by atoms with E-state index in [2.05, 4.69) is 34.6 Å². The smallest absolute Gasteiger partial charge is 0.407 e. The van der Waals surface area contributed by atoms with Crippen molar-refractivity contribution in [2.24, 2.45) is 0 Å². The molecule has 0 radical (unpaired) electrons. The van der Waals surface area contributed by atoms with Crippen LogP contribution in [0.5, 0.6) is 0 Å². The molecule has 1 unspecified atom stereocenters. The van der Waals surface area contributed by atoms with Crippen LogP contribution in [0.3, 0.4) is 0 Å². The molecule has 2 aliphatic carbocycles. The van der Waals surface area contributed by atoms with Gasteiger partial charge in [-0.05, 0) is 52.1 Å². The largest absolute Gasteiger partial charge is 0.453 e. The molecule has 1 amide bonds. The van der Waals surface area contributed by atoms with Crippen LogP contribution in [-0.2, 0) is 11.2 Å². The molecule has 2 aromatic rings. The third-order valence-electron chi connectivity index (χ3n) is 5.01. The Bertz CT molecular complexity index is 993. The first-order valence-electron chi connectivity index (χ1n) is 8.69. The fraction of sp³-hybridized carbons (Fsp3) is 0.190. The normalized spacial score (nSPS) is 16.7. The van der Waals surface area contributed by atoms with Crippen molar-refractivity contribution in [3.05, 3.63) is 70.2 Å². The highest BCUT2D eigenvalue weighted by Gasteiger charge is 2.30. The van der Waals surface area contributed by atoms with Crippen molar-refractivity contribution in [3.8, 4) is 0 Å². The lowest BCUT2D eigenvalue weighted by molar-refractivity contribution is 0.169. The predicted molar refractivity (Wildman–Crippen MR) is 105 cm³/mol. The molecular formula is C21H20N4O2. The van der Waals surface area contributed by atoms with E-state index in [-0.39, 0.29) is 0 Å². The number of pyridine rings is 1. The Morgan fingerprint density at radius 2 is 2.22 bits per heavy atom. The number of carbonyl (C=O) groups is 1. The molecule has 0 spiro atoms. The Kier molecular flexibility index (Phi) is 4.24. The minimum absolute atomic E-state index is 0.450. The lowest BCUT2D eigenvalue weighted by Gasteiger charge is -2.28. The summed E-state index contributed by atoms with van der Waals surface area (Å²) in [5.41, 5.74) is 7.05. The highest BCUT2D eigenvalue weighted by molar-refractivity contribution is 5.93. The van der Waals surface area contributed by atoms with E-state index in [1.807, 2.05) is 18.2 Å². The highest BCUT2D eigenvalue weighted by atomic mass is 16.5. The van der Waals surface area contributed by atoms with Crippen LogP contribution in [0.1, 0.15) is 27.9 Å². The molecule has 0 fully saturated rings. The van der Waals surface area contributed by atoms with Crippen molar-refractivity contribution in [1.29, 1.82) is 5.41 Å². The Morgan fingerprint density at radius 1 is 1.37 bits per heavy atom. The molecule has 4 rings (SSSR count). The Hall–Kier alpha value is -3.41. The van der Waals surface area contributed by atoms with Crippen LogP contribution >= 0.6 is 0 Å². The van der Waals surface area contributed by atoms with Crippen LogP contribution in [0, 0.1) is 5.41 Å². The van der Waals surface area contributed by atoms with Crippen LogP contribution in [-0.4, -0.2) is 42.5 Å². The van der Waals surface area contributed by atoms with E-state index in [1.54, 1.807) is 18.1 Å². The fourth-order valence-corrected chi connectivity index (χ4v) is 3.62. The van der Waals surface area contributed by atoms with Gasteiger partial charge in [0.05, 0.1) is 25.2 Å². The summed E-state index contributed by atoms with van der Waals surface area (Å²) in [6.07, 6.45) is 7.32. The quantitative estimate of drug-likeness (QED) is 0.651. The summed E-state index contributed by atoms with van der Waals surface area (Å²) in [5.74, 6) is 0. The molecule has 136 valence electrons. The van der Waals surface area contributed by atoms with E-state index in [9.17, 15) is 4.79 Å². The zero-order chi connectivity index (χ0) is 19.0. The number of nitrogens with one attached hydrogen (secondary N) is 2. The summed E-state index contributed by atoms with van der Waals surface area (Å²) >= 11 is 0. The first-order chi connectivity index (χ1) is 13.1. The summed E-state index contributed by atoms with van der Waals surface area (Å²) in [5, 5.41) is 10.6. The molecular weight excluding hydrogens is 340 g/mol. The van der Waals surface area contributed by atoms with Gasteiger partial charge in [0.15, 0.2) is 0 Å². The molecule has 6 nitrogen and oxygen atoms in total. The Balaban J connectivity index is 1.97. The van der Waals surface area contributed by atoms with Crippen LogP contribution < -0.4 is 5.32 Å². The van der Waals surface area contributed by atoms with Gasteiger partial charge >= 0.3 is 6.09 Å². The number of alkyl carbamates (subject to hydrolysis) is 1. The molecule has 2 bridgehead atoms. The number of hydrogen-bond donors (Lipinski definition) is 2. The SMILES string of the molecule is COC(=O)NC1C2=Cc3cccnc3Cc3ccc(cc32)C=C1N(C)C=N. The zero-order valence-electron chi connectivity index (χ0n) is 15.2. The van der Waals surface area contributed by atoms with Gasteiger partial charge in [-0.2, -0.15) is 0 Å². The molecule has 0 aliphatic heterocycles. The van der Waals surface area contributed by atoms with Gasteiger partial charge in [-0.1, -0.05) is 18.2 Å². The highest BCUT2D eigenvalue weighted by Crippen LogP contribution is 2.37. The maximum Gasteiger partial charge on any atom is 0.407 e. The number of rotatable bonds is 3. The molecule has 6 heteroatoms. The average Bonchev–Trinajstić information content (AvgIpc) is 2.92. The number of amides is 1. The summed E-state index contributed by atoms with van der Waals surface area (Å²) in [6.45, 7) is 0. The van der Waals surface area contributed by atoms with Crippen molar-refractivity contribution in [1.82, 2.24) is 15.2 Å². The molecule has 0 saturated heterocycles. The number of carbonyl (C=O) groups excluding carboxylic acids is 1. The van der Waals surface area contributed by atoms with Gasteiger partial charge in [-0.15, -0.1) is 0 Å². The number of likely N-dealkylation sites (N-methyl/N-ethyl adjacent to an activating group) is 1. The number of benzene rings is 1. The number of nitrogens with zero attached hydrogens (tertiary/aromatic N) is 2. The number of hydrogen-bond acceptors (Lipinski definition) is 4. The van der Waals surface area contributed by atoms with E-state index < -0.39 is 12.1 Å². The third kappa shape index (κ3) is 2.99. The number of ether oxygens (including phenoxy) is 1. The van der Waals surface area contributed by atoms with Crippen molar-refractivity contribution in [2.45, 2.75) is 12.5 Å². The van der Waals surface area contributed by atoms with Crippen molar-refractivity contribution >= 4 is 30.2 Å². The average molecular weight is 360 g/mol. The van der Waals surface area contributed by atoms with Crippen molar-refractivity contribution in [2.75, 3.05) is 14.2 Å². The zero-order valence-corrected chi connectivity index (χ0v) is 15.2. The topological polar surface area (TPSA) is 78.3 Å². The van der Waals surface area contributed by atoms with Crippen LogP contribution in [0.4, 0.5) is 4.79 Å². The van der Waals surface area contributed by atoms with Gasteiger partial charge in [-0.25, -0.2) is 4.79 Å². The molecule has 27 heavy (non-hydrogen) atoms. The molecule has 1 aromatic heterocycles. The lowest BCUT2D eigenvalue weighted by atomic mass is 9.93. The maximum absolute atomic E-state index is 12.1. The Morgan fingerprint density at radius 3 is 3.00 bits per heavy atom. The van der Waals surface area contributed by atoms with E-state index in [4.69, 9.17) is 10.1 Å². The molecule has 1 heterocycles. The maximum atomic E-state index is 12.1. The van der Waals surface area contributed by atoms with E-state index >= 15 is 0 Å². The number of methoxy groups -OCH3 is 1. The summed E-state index contributed by atoms with van der Waals surface area (Å²) in [4.78, 5) is 18.4. The summed E-state index contributed by atoms with van der Waals surface area (Å²) in [7, 11) is 3.15. The summed E-state index contributed by atoms with van der Waals surface area (Å²) in [6, 6.07) is 9.80. The van der Waals surface area contributed by atoms with Crippen molar-refractivity contribution in [3.63, 3.8) is 0 Å². The second kappa shape index (κ2) is 6.72. The predicted octanol–water partition coefficient (Wildman–Crippen LogP) is 3.14. The lowest BCUT2D eigenvalue weighted by Crippen LogP contribution is -2.41. The second-order valence-electron chi connectivity index (χ2n) is 6.61. The van der Waals surface area contributed by atoms with E-state index in [0.717, 1.165) is 45.6 Å². The standard InChI is InChI=1S/C21H20N4O2/c1-25(12-22)19-9-13-5-6-14-11-18-15(4-3-7-23-18)10-17(16(14)8-13)20(19)24-21(26)27-2/h3-10,12,20,22H,11H2,1-2H3,(H,24,26). The van der Waals surface area contributed by atoms with Crippen molar-refractivity contribution < 1.29 is 9.53 Å². The van der Waals surface area contributed by atoms with Gasteiger partial charge in [0.2, 0.25) is 0 Å².